The molecule has 2 aliphatic heterocycles. The minimum absolute atomic E-state index is 0.0602. The van der Waals surface area contributed by atoms with Crippen molar-refractivity contribution < 1.29 is 0 Å². The van der Waals surface area contributed by atoms with Gasteiger partial charge in [0.2, 0.25) is 5.43 Å². The number of piperidine rings is 1. The van der Waals surface area contributed by atoms with Gasteiger partial charge in [-0.3, -0.25) is 9.36 Å². The molecule has 0 amide bonds. The molecule has 5 rings (SSSR count). The van der Waals surface area contributed by atoms with Gasteiger partial charge in [0.25, 0.3) is 0 Å². The van der Waals surface area contributed by atoms with Crippen LogP contribution in [0, 0.1) is 0 Å². The average Bonchev–Trinajstić information content (AvgIpc) is 3.49. The molecule has 2 fully saturated rings. The zero-order chi connectivity index (χ0) is 21.4. The SMILES string of the molecule is CN(C)C1CCN(c2ccc3c(=O)c(SN4CCCCC4)cn(-c4nccs4)c3n2)C1. The van der Waals surface area contributed by atoms with Gasteiger partial charge >= 0.3 is 0 Å². The Morgan fingerprint density at radius 3 is 2.71 bits per heavy atom. The monoisotopic (exact) mass is 456 g/mol. The van der Waals surface area contributed by atoms with Gasteiger partial charge in [-0.2, -0.15) is 0 Å². The summed E-state index contributed by atoms with van der Waals surface area (Å²) in [5, 5.41) is 3.45. The van der Waals surface area contributed by atoms with Crippen LogP contribution in [0.5, 0.6) is 0 Å². The third kappa shape index (κ3) is 4.24. The lowest BCUT2D eigenvalue weighted by molar-refractivity contribution is 0.315. The molecule has 31 heavy (non-hydrogen) atoms. The van der Waals surface area contributed by atoms with Crippen LogP contribution in [0.25, 0.3) is 16.2 Å². The number of aromatic nitrogens is 3. The van der Waals surface area contributed by atoms with Crippen molar-refractivity contribution in [3.8, 4) is 5.13 Å². The molecule has 9 heteroatoms. The van der Waals surface area contributed by atoms with Crippen LogP contribution in [0.1, 0.15) is 25.7 Å². The van der Waals surface area contributed by atoms with Crippen molar-refractivity contribution in [3.05, 3.63) is 40.1 Å². The van der Waals surface area contributed by atoms with Crippen molar-refractivity contribution in [1.29, 1.82) is 0 Å². The smallest absolute Gasteiger partial charge is 0.205 e. The maximum atomic E-state index is 13.4. The molecule has 3 aromatic heterocycles. The highest BCUT2D eigenvalue weighted by molar-refractivity contribution is 7.97. The van der Waals surface area contributed by atoms with Gasteiger partial charge in [-0.25, -0.2) is 14.3 Å². The summed E-state index contributed by atoms with van der Waals surface area (Å²) in [6.45, 7) is 3.98. The zero-order valence-electron chi connectivity index (χ0n) is 18.0. The molecule has 0 saturated carbocycles. The Labute approximate surface area is 190 Å². The van der Waals surface area contributed by atoms with E-state index in [2.05, 4.69) is 33.2 Å². The summed E-state index contributed by atoms with van der Waals surface area (Å²) < 4.78 is 4.31. The van der Waals surface area contributed by atoms with Crippen LogP contribution < -0.4 is 10.3 Å². The Balaban J connectivity index is 1.56. The van der Waals surface area contributed by atoms with Gasteiger partial charge in [-0.05, 0) is 57.4 Å². The Morgan fingerprint density at radius 1 is 1.16 bits per heavy atom. The first-order chi connectivity index (χ1) is 15.1. The molecule has 0 aliphatic carbocycles. The topological polar surface area (TPSA) is 57.5 Å². The number of likely N-dealkylation sites (N-methyl/N-ethyl adjacent to an activating group) is 1. The van der Waals surface area contributed by atoms with Crippen molar-refractivity contribution in [2.75, 3.05) is 45.2 Å². The van der Waals surface area contributed by atoms with Crippen molar-refractivity contribution >= 4 is 40.1 Å². The van der Waals surface area contributed by atoms with Gasteiger partial charge < -0.3 is 9.80 Å². The van der Waals surface area contributed by atoms with E-state index < -0.39 is 0 Å². The summed E-state index contributed by atoms with van der Waals surface area (Å²) in [5.74, 6) is 0.929. The molecule has 0 spiro atoms. The summed E-state index contributed by atoms with van der Waals surface area (Å²) in [6, 6.07) is 4.48. The summed E-state index contributed by atoms with van der Waals surface area (Å²) in [4.78, 5) is 28.2. The summed E-state index contributed by atoms with van der Waals surface area (Å²) >= 11 is 3.14. The molecule has 3 aromatic rings. The van der Waals surface area contributed by atoms with E-state index in [0.717, 1.165) is 48.4 Å². The lowest BCUT2D eigenvalue weighted by atomic mass is 10.2. The van der Waals surface area contributed by atoms with Gasteiger partial charge in [0.1, 0.15) is 5.82 Å². The van der Waals surface area contributed by atoms with Crippen molar-refractivity contribution in [3.63, 3.8) is 0 Å². The molecule has 0 N–H and O–H groups in total. The molecule has 5 heterocycles. The predicted molar refractivity (Wildman–Crippen MR) is 129 cm³/mol. The van der Waals surface area contributed by atoms with Crippen LogP contribution in [-0.2, 0) is 0 Å². The molecule has 1 atom stereocenters. The van der Waals surface area contributed by atoms with Crippen molar-refractivity contribution in [1.82, 2.24) is 23.7 Å². The largest absolute Gasteiger partial charge is 0.355 e. The number of rotatable bonds is 5. The Kier molecular flexibility index (Phi) is 6.01. The number of pyridine rings is 2. The lowest BCUT2D eigenvalue weighted by Crippen LogP contribution is -2.31. The van der Waals surface area contributed by atoms with Crippen LogP contribution in [0.2, 0.25) is 0 Å². The first-order valence-electron chi connectivity index (χ1n) is 10.9. The van der Waals surface area contributed by atoms with E-state index in [0.29, 0.717) is 17.1 Å². The number of fused-ring (bicyclic) bond motifs is 1. The fraction of sp³-hybridized carbons (Fsp3) is 0.500. The Morgan fingerprint density at radius 2 is 2.00 bits per heavy atom. The summed E-state index contributed by atoms with van der Waals surface area (Å²) in [5.41, 5.74) is 0.749. The van der Waals surface area contributed by atoms with E-state index in [1.807, 2.05) is 28.3 Å². The molecule has 0 aromatic carbocycles. The quantitative estimate of drug-likeness (QED) is 0.545. The zero-order valence-corrected chi connectivity index (χ0v) is 19.7. The first-order valence-corrected chi connectivity index (χ1v) is 12.6. The maximum absolute atomic E-state index is 13.4. The molecule has 0 radical (unpaired) electrons. The molecule has 1 unspecified atom stereocenters. The Hall–Kier alpha value is -1.94. The second-order valence-electron chi connectivity index (χ2n) is 8.48. The van der Waals surface area contributed by atoms with E-state index in [1.54, 1.807) is 29.5 Å². The number of anilines is 1. The molecular formula is C22H28N6OS2. The molecule has 0 bridgehead atoms. The second kappa shape index (κ2) is 8.90. The number of hydrogen-bond donors (Lipinski definition) is 0. The maximum Gasteiger partial charge on any atom is 0.205 e. The average molecular weight is 457 g/mol. The van der Waals surface area contributed by atoms with E-state index in [4.69, 9.17) is 4.98 Å². The van der Waals surface area contributed by atoms with Crippen LogP contribution in [0.3, 0.4) is 0 Å². The van der Waals surface area contributed by atoms with Gasteiger partial charge in [-0.1, -0.05) is 6.42 Å². The molecule has 2 aliphatic rings. The highest BCUT2D eigenvalue weighted by atomic mass is 32.2. The molecule has 7 nitrogen and oxygen atoms in total. The van der Waals surface area contributed by atoms with Crippen LogP contribution in [0.15, 0.2) is 39.6 Å². The van der Waals surface area contributed by atoms with E-state index in [1.165, 1.54) is 19.3 Å². The highest BCUT2D eigenvalue weighted by Gasteiger charge is 2.26. The van der Waals surface area contributed by atoms with Crippen LogP contribution in [0.4, 0.5) is 5.82 Å². The standard InChI is InChI=1S/C22H28N6OS2/c1-25(2)16-8-12-26(14-16)19-7-6-17-20(29)18(31-27-10-4-3-5-11-27)15-28(21(17)24-19)22-23-9-13-30-22/h6-7,9,13,15-16H,3-5,8,10-12,14H2,1-2H3. The normalized spacial score (nSPS) is 20.2. The van der Waals surface area contributed by atoms with Gasteiger partial charge in [0, 0.05) is 50.0 Å². The van der Waals surface area contributed by atoms with Crippen molar-refractivity contribution in [2.24, 2.45) is 0 Å². The van der Waals surface area contributed by atoms with Gasteiger partial charge in [-0.15, -0.1) is 11.3 Å². The predicted octanol–water partition coefficient (Wildman–Crippen LogP) is 3.48. The molecule has 2 saturated heterocycles. The number of nitrogens with zero attached hydrogens (tertiary/aromatic N) is 6. The van der Waals surface area contributed by atoms with E-state index in [-0.39, 0.29) is 5.43 Å². The van der Waals surface area contributed by atoms with Crippen molar-refractivity contribution in [2.45, 2.75) is 36.6 Å². The summed E-state index contributed by atoms with van der Waals surface area (Å²) in [7, 11) is 4.26. The number of thiazole rings is 1. The van der Waals surface area contributed by atoms with E-state index >= 15 is 0 Å². The third-order valence-corrected chi connectivity index (χ3v) is 8.07. The molecular weight excluding hydrogens is 428 g/mol. The minimum atomic E-state index is 0.0602. The third-order valence-electron chi connectivity index (χ3n) is 6.19. The van der Waals surface area contributed by atoms with Crippen LogP contribution in [-0.4, -0.2) is 70.1 Å². The van der Waals surface area contributed by atoms with Gasteiger partial charge in [0.15, 0.2) is 10.8 Å². The van der Waals surface area contributed by atoms with E-state index in [9.17, 15) is 4.79 Å². The van der Waals surface area contributed by atoms with Crippen LogP contribution >= 0.6 is 23.3 Å². The summed E-state index contributed by atoms with van der Waals surface area (Å²) in [6.07, 6.45) is 8.51. The fourth-order valence-electron chi connectivity index (χ4n) is 4.36. The second-order valence-corrected chi connectivity index (χ2v) is 10.5. The number of hydrogen-bond acceptors (Lipinski definition) is 8. The lowest BCUT2D eigenvalue weighted by Gasteiger charge is -2.25. The minimum Gasteiger partial charge on any atom is -0.355 e. The molecule has 164 valence electrons. The Bertz CT molecular complexity index is 1110. The fourth-order valence-corrected chi connectivity index (χ4v) is 6.04. The van der Waals surface area contributed by atoms with Gasteiger partial charge in [0.05, 0.1) is 10.3 Å². The highest BCUT2D eigenvalue weighted by Crippen LogP contribution is 2.29. The first kappa shape index (κ1) is 20.9.